The molecule has 0 spiro atoms. The Balaban J connectivity index is 2.03. The van der Waals surface area contributed by atoms with E-state index in [1.165, 1.54) is 0 Å². The molecule has 0 radical (unpaired) electrons. The fourth-order valence-electron chi connectivity index (χ4n) is 2.73. The molecular weight excluding hydrogens is 380 g/mol. The number of nitrogens with one attached hydrogen (secondary N) is 1. The van der Waals surface area contributed by atoms with Crippen molar-refractivity contribution in [3.05, 3.63) is 47.7 Å². The van der Waals surface area contributed by atoms with Gasteiger partial charge in [0.25, 0.3) is 0 Å². The van der Waals surface area contributed by atoms with Gasteiger partial charge in [-0.3, -0.25) is 9.59 Å². The summed E-state index contributed by atoms with van der Waals surface area (Å²) in [6, 6.07) is 8.11. The fraction of sp³-hybridized carbons (Fsp3) is 0.400. The van der Waals surface area contributed by atoms with Gasteiger partial charge in [0.05, 0.1) is 13.2 Å². The number of hydrogen-bond donors (Lipinski definition) is 1. The van der Waals surface area contributed by atoms with Crippen molar-refractivity contribution in [3.63, 3.8) is 0 Å². The molecule has 9 nitrogen and oxygen atoms in total. The van der Waals surface area contributed by atoms with Gasteiger partial charge in [-0.05, 0) is 19.4 Å². The van der Waals surface area contributed by atoms with E-state index in [9.17, 15) is 19.2 Å². The Labute approximate surface area is 168 Å². The molecule has 1 aromatic carbocycles. The number of esters is 2. The highest BCUT2D eigenvalue weighted by Crippen LogP contribution is 2.23. The number of rotatable bonds is 8. The summed E-state index contributed by atoms with van der Waals surface area (Å²) in [5, 5.41) is 2.47. The molecule has 1 aromatic rings. The first-order valence-corrected chi connectivity index (χ1v) is 9.26. The third kappa shape index (κ3) is 6.63. The monoisotopic (exact) mass is 404 g/mol. The molecule has 1 atom stereocenters. The van der Waals surface area contributed by atoms with Crippen molar-refractivity contribution in [2.45, 2.75) is 32.9 Å². The van der Waals surface area contributed by atoms with Crippen LogP contribution in [0.15, 0.2) is 42.1 Å². The summed E-state index contributed by atoms with van der Waals surface area (Å²) in [6.07, 6.45) is 0.385. The third-order valence-electron chi connectivity index (χ3n) is 3.99. The number of hydrogen-bond acceptors (Lipinski definition) is 7. The number of nitrogens with zero attached hydrogens (tertiary/aromatic N) is 1. The minimum Gasteiger partial charge on any atom is -0.465 e. The molecule has 29 heavy (non-hydrogen) atoms. The van der Waals surface area contributed by atoms with E-state index in [1.54, 1.807) is 26.0 Å². The number of amides is 2. The minimum atomic E-state index is -0.964. The zero-order valence-corrected chi connectivity index (χ0v) is 16.4. The van der Waals surface area contributed by atoms with Gasteiger partial charge in [-0.2, -0.15) is 0 Å². The second-order valence-electron chi connectivity index (χ2n) is 6.08. The average molecular weight is 404 g/mol. The van der Waals surface area contributed by atoms with Crippen LogP contribution in [-0.4, -0.2) is 54.6 Å². The first-order chi connectivity index (χ1) is 13.9. The molecule has 1 aliphatic rings. The van der Waals surface area contributed by atoms with E-state index in [0.717, 1.165) is 16.5 Å². The molecule has 1 heterocycles. The first kappa shape index (κ1) is 21.9. The van der Waals surface area contributed by atoms with Gasteiger partial charge in [0.15, 0.2) is 0 Å². The second-order valence-corrected chi connectivity index (χ2v) is 6.08. The van der Waals surface area contributed by atoms with Crippen molar-refractivity contribution < 1.29 is 33.4 Å². The summed E-state index contributed by atoms with van der Waals surface area (Å²) in [5.41, 5.74) is 1.06. The Hall–Kier alpha value is -3.36. The number of alkyl carbamates (subject to hydrolysis) is 1. The smallest absolute Gasteiger partial charge is 0.408 e. The Morgan fingerprint density at radius 3 is 2.45 bits per heavy atom. The maximum atomic E-state index is 12.7. The standard InChI is InChI=1S/C20H24N2O7/c1-3-27-17(23)11-15-10-16(19(25)22(15)12-18(24)28-4-2)21-20(26)29-13-14-8-6-5-7-9-14/h5-9,11,16H,3-4,10,12-13H2,1-2H3,(H,21,26)/b15-11+. The highest BCUT2D eigenvalue weighted by molar-refractivity contribution is 5.94. The largest absolute Gasteiger partial charge is 0.465 e. The molecule has 0 aliphatic carbocycles. The van der Waals surface area contributed by atoms with Gasteiger partial charge in [-0.25, -0.2) is 9.59 Å². The summed E-state index contributed by atoms with van der Waals surface area (Å²) < 4.78 is 14.9. The van der Waals surface area contributed by atoms with E-state index >= 15 is 0 Å². The van der Waals surface area contributed by atoms with Gasteiger partial charge >= 0.3 is 18.0 Å². The quantitative estimate of drug-likeness (QED) is 0.397. The predicted octanol–water partition coefficient (Wildman–Crippen LogP) is 1.52. The highest BCUT2D eigenvalue weighted by atomic mass is 16.5. The van der Waals surface area contributed by atoms with Crippen LogP contribution in [0.3, 0.4) is 0 Å². The SMILES string of the molecule is CCOC(=O)/C=C1\CC(NC(=O)OCc2ccccc2)C(=O)N1CC(=O)OCC. The lowest BCUT2D eigenvalue weighted by atomic mass is 10.2. The van der Waals surface area contributed by atoms with Crippen LogP contribution >= 0.6 is 0 Å². The van der Waals surface area contributed by atoms with Crippen LogP contribution in [0, 0.1) is 0 Å². The van der Waals surface area contributed by atoms with Crippen molar-refractivity contribution in [1.29, 1.82) is 0 Å². The van der Waals surface area contributed by atoms with Gasteiger partial charge in [0.1, 0.15) is 19.2 Å². The zero-order chi connectivity index (χ0) is 21.2. The van der Waals surface area contributed by atoms with Crippen molar-refractivity contribution in [2.75, 3.05) is 19.8 Å². The van der Waals surface area contributed by atoms with Crippen molar-refractivity contribution >= 4 is 23.9 Å². The Morgan fingerprint density at radius 1 is 1.10 bits per heavy atom. The molecular formula is C20H24N2O7. The molecule has 1 aliphatic heterocycles. The van der Waals surface area contributed by atoms with Crippen molar-refractivity contribution in [2.24, 2.45) is 0 Å². The van der Waals surface area contributed by atoms with E-state index in [4.69, 9.17) is 14.2 Å². The molecule has 0 saturated carbocycles. The van der Waals surface area contributed by atoms with E-state index < -0.39 is 30.0 Å². The molecule has 1 saturated heterocycles. The highest BCUT2D eigenvalue weighted by Gasteiger charge is 2.38. The number of benzene rings is 1. The molecule has 1 fully saturated rings. The van der Waals surface area contributed by atoms with Gasteiger partial charge < -0.3 is 24.4 Å². The van der Waals surface area contributed by atoms with Gasteiger partial charge in [0, 0.05) is 18.2 Å². The Bertz CT molecular complexity index is 776. The van der Waals surface area contributed by atoms with Gasteiger partial charge in [-0.1, -0.05) is 30.3 Å². The summed E-state index contributed by atoms with van der Waals surface area (Å²) in [4.78, 5) is 49.4. The lowest BCUT2D eigenvalue weighted by molar-refractivity contribution is -0.147. The van der Waals surface area contributed by atoms with E-state index in [0.29, 0.717) is 0 Å². The predicted molar refractivity (Wildman–Crippen MR) is 101 cm³/mol. The second kappa shape index (κ2) is 10.8. The van der Waals surface area contributed by atoms with Crippen LogP contribution in [0.4, 0.5) is 4.79 Å². The number of carbonyl (C=O) groups excluding carboxylic acids is 4. The van der Waals surface area contributed by atoms with Crippen LogP contribution in [-0.2, 0) is 35.2 Å². The lowest BCUT2D eigenvalue weighted by Crippen LogP contribution is -2.42. The molecule has 156 valence electrons. The zero-order valence-electron chi connectivity index (χ0n) is 16.4. The summed E-state index contributed by atoms with van der Waals surface area (Å²) in [5.74, 6) is -1.80. The number of ether oxygens (including phenoxy) is 3. The van der Waals surface area contributed by atoms with E-state index in [1.807, 2.05) is 18.2 Å². The minimum absolute atomic E-state index is 0.0253. The summed E-state index contributed by atoms with van der Waals surface area (Å²) in [6.45, 7) is 3.31. The van der Waals surface area contributed by atoms with E-state index in [-0.39, 0.29) is 38.5 Å². The molecule has 1 N–H and O–H groups in total. The van der Waals surface area contributed by atoms with Crippen molar-refractivity contribution in [1.82, 2.24) is 10.2 Å². The molecule has 2 amide bonds. The van der Waals surface area contributed by atoms with Gasteiger partial charge in [-0.15, -0.1) is 0 Å². The number of carbonyl (C=O) groups is 4. The molecule has 2 rings (SSSR count). The van der Waals surface area contributed by atoms with Crippen LogP contribution in [0.2, 0.25) is 0 Å². The fourth-order valence-corrected chi connectivity index (χ4v) is 2.73. The first-order valence-electron chi connectivity index (χ1n) is 9.26. The normalized spacial score (nSPS) is 17.2. The van der Waals surface area contributed by atoms with Crippen molar-refractivity contribution in [3.8, 4) is 0 Å². The van der Waals surface area contributed by atoms with Crippen LogP contribution in [0.25, 0.3) is 0 Å². The molecule has 0 aromatic heterocycles. The maximum Gasteiger partial charge on any atom is 0.408 e. The third-order valence-corrected chi connectivity index (χ3v) is 3.99. The Kier molecular flexibility index (Phi) is 8.20. The topological polar surface area (TPSA) is 111 Å². The van der Waals surface area contributed by atoms with Crippen LogP contribution in [0.5, 0.6) is 0 Å². The average Bonchev–Trinajstić information content (AvgIpc) is 2.96. The van der Waals surface area contributed by atoms with Gasteiger partial charge in [0.2, 0.25) is 5.91 Å². The van der Waals surface area contributed by atoms with Crippen LogP contribution < -0.4 is 5.32 Å². The summed E-state index contributed by atoms with van der Waals surface area (Å²) >= 11 is 0. The lowest BCUT2D eigenvalue weighted by Gasteiger charge is -2.17. The Morgan fingerprint density at radius 2 is 1.79 bits per heavy atom. The molecule has 1 unspecified atom stereocenters. The van der Waals surface area contributed by atoms with E-state index in [2.05, 4.69) is 5.32 Å². The molecule has 9 heteroatoms. The van der Waals surface area contributed by atoms with Crippen LogP contribution in [0.1, 0.15) is 25.8 Å². The molecule has 0 bridgehead atoms. The number of likely N-dealkylation sites (tertiary alicyclic amines) is 1. The maximum absolute atomic E-state index is 12.7. The summed E-state index contributed by atoms with van der Waals surface area (Å²) in [7, 11) is 0.